The van der Waals surface area contributed by atoms with Crippen LogP contribution >= 0.6 is 0 Å². The number of aromatic nitrogens is 1. The van der Waals surface area contributed by atoms with Gasteiger partial charge in [0.05, 0.1) is 22.9 Å². The number of urea groups is 1. The molecule has 0 unspecified atom stereocenters. The number of nitrogens with zero attached hydrogens (tertiary/aromatic N) is 1. The van der Waals surface area contributed by atoms with E-state index in [1.54, 1.807) is 18.2 Å². The van der Waals surface area contributed by atoms with Crippen molar-refractivity contribution in [3.63, 3.8) is 0 Å². The minimum atomic E-state index is -0.613. The van der Waals surface area contributed by atoms with Crippen molar-refractivity contribution in [2.24, 2.45) is 5.73 Å². The van der Waals surface area contributed by atoms with Crippen LogP contribution in [0.15, 0.2) is 78.9 Å². The predicted molar refractivity (Wildman–Crippen MR) is 134 cm³/mol. The summed E-state index contributed by atoms with van der Waals surface area (Å²) in [5, 5.41) is 15.6. The number of amides is 3. The number of fused-ring (bicyclic) bond motifs is 1. The first-order chi connectivity index (χ1) is 16.5. The highest BCUT2D eigenvalue weighted by molar-refractivity contribution is 6.14. The highest BCUT2D eigenvalue weighted by atomic mass is 16.3. The predicted octanol–water partition coefficient (Wildman–Crippen LogP) is 4.56. The van der Waals surface area contributed by atoms with Crippen LogP contribution in [0.25, 0.3) is 33.3 Å². The molecule has 0 saturated heterocycles. The zero-order chi connectivity index (χ0) is 24.1. The molecule has 1 atom stereocenters. The van der Waals surface area contributed by atoms with Crippen molar-refractivity contribution in [2.75, 3.05) is 11.9 Å². The molecule has 172 valence electrons. The second-order valence-corrected chi connectivity index (χ2v) is 7.94. The monoisotopic (exact) mass is 454 g/mol. The van der Waals surface area contributed by atoms with Crippen molar-refractivity contribution < 1.29 is 14.7 Å². The van der Waals surface area contributed by atoms with Crippen LogP contribution in [-0.2, 0) is 0 Å². The maximum absolute atomic E-state index is 12.8. The number of hydrogen-bond donors (Lipinski definition) is 4. The van der Waals surface area contributed by atoms with Crippen LogP contribution in [0.3, 0.4) is 0 Å². The summed E-state index contributed by atoms with van der Waals surface area (Å²) < 4.78 is 0. The van der Waals surface area contributed by atoms with Gasteiger partial charge in [0.15, 0.2) is 0 Å². The third kappa shape index (κ3) is 4.89. The fourth-order valence-corrected chi connectivity index (χ4v) is 3.82. The molecule has 0 spiro atoms. The molecule has 3 aromatic carbocycles. The van der Waals surface area contributed by atoms with Gasteiger partial charge in [0.2, 0.25) is 5.91 Å². The molecule has 7 heteroatoms. The van der Waals surface area contributed by atoms with Gasteiger partial charge in [0.25, 0.3) is 0 Å². The van der Waals surface area contributed by atoms with E-state index in [0.29, 0.717) is 39.8 Å². The molecule has 0 radical (unpaired) electrons. The summed E-state index contributed by atoms with van der Waals surface area (Å²) in [4.78, 5) is 30.0. The van der Waals surface area contributed by atoms with Crippen molar-refractivity contribution >= 4 is 28.5 Å². The molecule has 1 aromatic heterocycles. The Kier molecular flexibility index (Phi) is 6.85. The standard InChI is InChI=1S/C27H26N4O3/c1-2-20(32)16-29-27(34)30-19-13-14-22-21(15-19)24(26(28)33)23(17-9-5-3-6-10-17)25(31-22)18-11-7-4-8-12-18/h3-15,20,32H,2,16H2,1H3,(H2,28,33)(H2,29,30,34)/t20-/m1/s1. The van der Waals surface area contributed by atoms with Crippen LogP contribution in [0, 0.1) is 0 Å². The van der Waals surface area contributed by atoms with Crippen molar-refractivity contribution in [3.05, 3.63) is 84.4 Å². The summed E-state index contributed by atoms with van der Waals surface area (Å²) in [6, 6.07) is 23.9. The third-order valence-electron chi connectivity index (χ3n) is 5.57. The van der Waals surface area contributed by atoms with E-state index in [2.05, 4.69) is 10.6 Å². The third-order valence-corrected chi connectivity index (χ3v) is 5.57. The van der Waals surface area contributed by atoms with E-state index in [1.165, 1.54) is 0 Å². The van der Waals surface area contributed by atoms with Gasteiger partial charge in [-0.2, -0.15) is 0 Å². The van der Waals surface area contributed by atoms with Crippen molar-refractivity contribution in [1.29, 1.82) is 0 Å². The number of pyridine rings is 1. The molecule has 1 heterocycles. The Morgan fingerprint density at radius 2 is 1.62 bits per heavy atom. The molecule has 0 aliphatic rings. The zero-order valence-electron chi connectivity index (χ0n) is 18.8. The first kappa shape index (κ1) is 22.9. The summed E-state index contributed by atoms with van der Waals surface area (Å²) in [6.07, 6.45) is -0.0755. The zero-order valence-corrected chi connectivity index (χ0v) is 18.8. The SMILES string of the molecule is CC[C@@H](O)CNC(=O)Nc1ccc2nc(-c3ccccc3)c(-c3ccccc3)c(C(N)=O)c2c1. The Labute approximate surface area is 197 Å². The first-order valence-corrected chi connectivity index (χ1v) is 11.1. The number of anilines is 1. The second kappa shape index (κ2) is 10.1. The van der Waals surface area contributed by atoms with Gasteiger partial charge in [-0.25, -0.2) is 9.78 Å². The van der Waals surface area contributed by atoms with E-state index in [-0.39, 0.29) is 6.54 Å². The number of aliphatic hydroxyl groups is 1. The Morgan fingerprint density at radius 3 is 2.24 bits per heavy atom. The van der Waals surface area contributed by atoms with Crippen LogP contribution in [0.2, 0.25) is 0 Å². The topological polar surface area (TPSA) is 117 Å². The number of primary amides is 1. The van der Waals surface area contributed by atoms with Crippen LogP contribution in [0.5, 0.6) is 0 Å². The lowest BCUT2D eigenvalue weighted by molar-refractivity contribution is 0.100. The number of benzene rings is 3. The summed E-state index contributed by atoms with van der Waals surface area (Å²) in [5.41, 5.74) is 10.3. The molecular formula is C27H26N4O3. The molecule has 7 nitrogen and oxygen atoms in total. The number of hydrogen-bond acceptors (Lipinski definition) is 4. The second-order valence-electron chi connectivity index (χ2n) is 7.94. The number of rotatable bonds is 7. The van der Waals surface area contributed by atoms with Gasteiger partial charge in [-0.3, -0.25) is 4.79 Å². The Morgan fingerprint density at radius 1 is 0.971 bits per heavy atom. The summed E-state index contributed by atoms with van der Waals surface area (Å²) in [7, 11) is 0. The van der Waals surface area contributed by atoms with Gasteiger partial charge in [0, 0.05) is 28.7 Å². The molecule has 4 aromatic rings. The average Bonchev–Trinajstić information content (AvgIpc) is 2.87. The lowest BCUT2D eigenvalue weighted by atomic mass is 9.91. The van der Waals surface area contributed by atoms with E-state index < -0.39 is 18.0 Å². The highest BCUT2D eigenvalue weighted by Crippen LogP contribution is 2.38. The summed E-state index contributed by atoms with van der Waals surface area (Å²) in [5.74, 6) is -0.587. The number of nitrogens with one attached hydrogen (secondary N) is 2. The van der Waals surface area contributed by atoms with Crippen molar-refractivity contribution in [2.45, 2.75) is 19.4 Å². The van der Waals surface area contributed by atoms with Gasteiger partial charge in [0.1, 0.15) is 0 Å². The van der Waals surface area contributed by atoms with Gasteiger partial charge in [-0.15, -0.1) is 0 Å². The first-order valence-electron chi connectivity index (χ1n) is 11.1. The Balaban J connectivity index is 1.86. The van der Waals surface area contributed by atoms with E-state index in [1.807, 2.05) is 67.6 Å². The lowest BCUT2D eigenvalue weighted by Gasteiger charge is -2.17. The Hall–Kier alpha value is -4.23. The van der Waals surface area contributed by atoms with Crippen LogP contribution < -0.4 is 16.4 Å². The maximum atomic E-state index is 12.8. The normalized spacial score (nSPS) is 11.7. The van der Waals surface area contributed by atoms with E-state index in [4.69, 9.17) is 10.7 Å². The number of aliphatic hydroxyl groups excluding tert-OH is 1. The number of nitrogens with two attached hydrogens (primary N) is 1. The maximum Gasteiger partial charge on any atom is 0.319 e. The smallest absolute Gasteiger partial charge is 0.319 e. The fourth-order valence-electron chi connectivity index (χ4n) is 3.82. The summed E-state index contributed by atoms with van der Waals surface area (Å²) in [6.45, 7) is 1.97. The Bertz CT molecular complexity index is 1320. The van der Waals surface area contributed by atoms with Crippen LogP contribution in [0.1, 0.15) is 23.7 Å². The molecule has 3 amide bonds. The van der Waals surface area contributed by atoms with E-state index in [9.17, 15) is 14.7 Å². The largest absolute Gasteiger partial charge is 0.391 e. The molecule has 0 bridgehead atoms. The molecular weight excluding hydrogens is 428 g/mol. The van der Waals surface area contributed by atoms with Gasteiger partial charge >= 0.3 is 6.03 Å². The fraction of sp³-hybridized carbons (Fsp3) is 0.148. The van der Waals surface area contributed by atoms with Gasteiger partial charge in [-0.05, 0) is 30.2 Å². The van der Waals surface area contributed by atoms with Crippen molar-refractivity contribution in [3.8, 4) is 22.4 Å². The molecule has 0 saturated carbocycles. The quantitative estimate of drug-likeness (QED) is 0.327. The molecule has 34 heavy (non-hydrogen) atoms. The number of carbonyl (C=O) groups excluding carboxylic acids is 2. The minimum absolute atomic E-state index is 0.141. The number of carbonyl (C=O) groups is 2. The average molecular weight is 455 g/mol. The van der Waals surface area contributed by atoms with Crippen molar-refractivity contribution in [1.82, 2.24) is 10.3 Å². The van der Waals surface area contributed by atoms with E-state index >= 15 is 0 Å². The van der Waals surface area contributed by atoms with Gasteiger partial charge < -0.3 is 21.5 Å². The molecule has 4 rings (SSSR count). The molecule has 0 aliphatic heterocycles. The molecule has 0 fully saturated rings. The molecule has 0 aliphatic carbocycles. The lowest BCUT2D eigenvalue weighted by Crippen LogP contribution is -2.34. The minimum Gasteiger partial charge on any atom is -0.391 e. The molecule has 5 N–H and O–H groups in total. The van der Waals surface area contributed by atoms with E-state index in [0.717, 1.165) is 11.1 Å². The van der Waals surface area contributed by atoms with Crippen LogP contribution in [0.4, 0.5) is 10.5 Å². The van der Waals surface area contributed by atoms with Crippen LogP contribution in [-0.4, -0.2) is 34.7 Å². The summed E-state index contributed by atoms with van der Waals surface area (Å²) >= 11 is 0. The van der Waals surface area contributed by atoms with Gasteiger partial charge in [-0.1, -0.05) is 67.6 Å². The highest BCUT2D eigenvalue weighted by Gasteiger charge is 2.22.